The van der Waals surface area contributed by atoms with Gasteiger partial charge in [-0.2, -0.15) is 20.2 Å². The molecule has 3 N–H and O–H groups in total. The van der Waals surface area contributed by atoms with Crippen molar-refractivity contribution in [2.45, 2.75) is 0 Å². The second kappa shape index (κ2) is 5.49. The molecule has 0 amide bonds. The molecule has 0 fully saturated rings. The number of hydrogen-bond acceptors (Lipinski definition) is 7. The van der Waals surface area contributed by atoms with Crippen LogP contribution >= 0.6 is 15.9 Å². The maximum atomic E-state index is 9.06. The Morgan fingerprint density at radius 3 is 2.84 bits per heavy atom. The van der Waals surface area contributed by atoms with E-state index in [-0.39, 0.29) is 17.9 Å². The third kappa shape index (κ3) is 3.08. The number of halogens is 1. The van der Waals surface area contributed by atoms with Crippen molar-refractivity contribution in [3.63, 3.8) is 0 Å². The second-order valence-corrected chi connectivity index (χ2v) is 4.35. The van der Waals surface area contributed by atoms with Crippen molar-refractivity contribution in [3.05, 3.63) is 28.2 Å². The Labute approximate surface area is 117 Å². The lowest BCUT2D eigenvalue weighted by Gasteiger charge is -2.08. The zero-order valence-corrected chi connectivity index (χ0v) is 11.5. The molecule has 0 unspecified atom stereocenters. The van der Waals surface area contributed by atoms with Crippen LogP contribution < -0.4 is 15.8 Å². The van der Waals surface area contributed by atoms with E-state index in [1.807, 2.05) is 0 Å². The van der Waals surface area contributed by atoms with Gasteiger partial charge < -0.3 is 15.8 Å². The highest BCUT2D eigenvalue weighted by Gasteiger charge is 2.08. The number of anilines is 3. The van der Waals surface area contributed by atoms with E-state index in [0.29, 0.717) is 11.3 Å². The van der Waals surface area contributed by atoms with Gasteiger partial charge in [0, 0.05) is 4.47 Å². The number of ether oxygens (including phenoxy) is 1. The van der Waals surface area contributed by atoms with Gasteiger partial charge in [0.25, 0.3) is 0 Å². The molecule has 19 heavy (non-hydrogen) atoms. The first-order chi connectivity index (χ1) is 9.12. The second-order valence-electron chi connectivity index (χ2n) is 3.43. The van der Waals surface area contributed by atoms with E-state index < -0.39 is 0 Å². The molecule has 1 heterocycles. The molecule has 0 aliphatic carbocycles. The summed E-state index contributed by atoms with van der Waals surface area (Å²) in [5, 5.41) is 12.0. The van der Waals surface area contributed by atoms with E-state index >= 15 is 0 Å². The van der Waals surface area contributed by atoms with Crippen LogP contribution in [0.1, 0.15) is 5.56 Å². The van der Waals surface area contributed by atoms with Crippen LogP contribution in [0.25, 0.3) is 0 Å². The van der Waals surface area contributed by atoms with Crippen LogP contribution in [0.15, 0.2) is 22.7 Å². The lowest BCUT2D eigenvalue weighted by Crippen LogP contribution is -2.05. The highest BCUT2D eigenvalue weighted by Crippen LogP contribution is 2.23. The smallest absolute Gasteiger partial charge is 0.322 e. The number of nitriles is 1. The van der Waals surface area contributed by atoms with Crippen molar-refractivity contribution < 1.29 is 4.74 Å². The first kappa shape index (κ1) is 13.0. The number of hydrogen-bond donors (Lipinski definition) is 2. The van der Waals surface area contributed by atoms with E-state index in [9.17, 15) is 0 Å². The molecule has 1 aromatic carbocycles. The summed E-state index contributed by atoms with van der Waals surface area (Å²) in [5.74, 6) is 0.244. The first-order valence-corrected chi connectivity index (χ1v) is 5.94. The molecule has 0 aliphatic heterocycles. The molecule has 0 radical (unpaired) electrons. The van der Waals surface area contributed by atoms with Crippen molar-refractivity contribution in [2.24, 2.45) is 0 Å². The molecule has 0 spiro atoms. The first-order valence-electron chi connectivity index (χ1n) is 5.14. The topological polar surface area (TPSA) is 110 Å². The highest BCUT2D eigenvalue weighted by molar-refractivity contribution is 9.10. The Kier molecular flexibility index (Phi) is 3.77. The van der Waals surface area contributed by atoms with Gasteiger partial charge in [-0.05, 0) is 18.2 Å². The fourth-order valence-electron chi connectivity index (χ4n) is 1.36. The summed E-state index contributed by atoms with van der Waals surface area (Å²) >= 11 is 3.30. The maximum absolute atomic E-state index is 9.06. The summed E-state index contributed by atoms with van der Waals surface area (Å²) in [6, 6.07) is 7.39. The monoisotopic (exact) mass is 320 g/mol. The molecule has 96 valence electrons. The molecule has 7 nitrogen and oxygen atoms in total. The average molecular weight is 321 g/mol. The summed E-state index contributed by atoms with van der Waals surface area (Å²) in [6.07, 6.45) is 0. The highest BCUT2D eigenvalue weighted by atomic mass is 79.9. The number of benzene rings is 1. The van der Waals surface area contributed by atoms with E-state index in [2.05, 4.69) is 42.3 Å². The van der Waals surface area contributed by atoms with Gasteiger partial charge >= 0.3 is 6.01 Å². The SMILES string of the molecule is COc1nc(N)nc(Nc2ccc(Br)cc2C#N)n1. The van der Waals surface area contributed by atoms with Crippen LogP contribution in [-0.2, 0) is 0 Å². The van der Waals surface area contributed by atoms with Gasteiger partial charge in [0.2, 0.25) is 11.9 Å². The molecule has 0 atom stereocenters. The minimum absolute atomic E-state index is 0.0324. The van der Waals surface area contributed by atoms with E-state index in [0.717, 1.165) is 4.47 Å². The molecule has 0 saturated carbocycles. The van der Waals surface area contributed by atoms with E-state index in [4.69, 9.17) is 15.7 Å². The predicted molar refractivity (Wildman–Crippen MR) is 72.9 cm³/mol. The van der Waals surface area contributed by atoms with Crippen LogP contribution in [0.2, 0.25) is 0 Å². The van der Waals surface area contributed by atoms with Gasteiger partial charge in [-0.1, -0.05) is 15.9 Å². The van der Waals surface area contributed by atoms with Crippen LogP contribution in [0.4, 0.5) is 17.6 Å². The summed E-state index contributed by atoms with van der Waals surface area (Å²) in [5.41, 5.74) is 6.55. The number of rotatable bonds is 3. The van der Waals surface area contributed by atoms with Gasteiger partial charge in [-0.25, -0.2) is 0 Å². The maximum Gasteiger partial charge on any atom is 0.322 e. The Morgan fingerprint density at radius 1 is 1.37 bits per heavy atom. The standard InChI is InChI=1S/C11H9BrN6O/c1-19-11-17-9(14)16-10(18-11)15-8-3-2-7(12)4-6(8)5-13/h2-4H,1H3,(H3,14,15,16,17,18). The lowest BCUT2D eigenvalue weighted by molar-refractivity contribution is 0.380. The van der Waals surface area contributed by atoms with Crippen LogP contribution in [0, 0.1) is 11.3 Å². The van der Waals surface area contributed by atoms with Crippen molar-refractivity contribution in [3.8, 4) is 12.1 Å². The van der Waals surface area contributed by atoms with Gasteiger partial charge in [-0.3, -0.25) is 0 Å². The Bertz CT molecular complexity index is 654. The normalized spacial score (nSPS) is 9.74. The summed E-state index contributed by atoms with van der Waals surface area (Å²) in [4.78, 5) is 11.7. The van der Waals surface area contributed by atoms with Crippen molar-refractivity contribution in [1.29, 1.82) is 5.26 Å². The number of nitrogens with two attached hydrogens (primary N) is 1. The summed E-state index contributed by atoms with van der Waals surface area (Å²) in [7, 11) is 1.43. The van der Waals surface area contributed by atoms with Gasteiger partial charge in [0.1, 0.15) is 6.07 Å². The largest absolute Gasteiger partial charge is 0.467 e. The average Bonchev–Trinajstić information content (AvgIpc) is 2.40. The van der Waals surface area contributed by atoms with Crippen LogP contribution in [0.3, 0.4) is 0 Å². The summed E-state index contributed by atoms with van der Waals surface area (Å²) < 4.78 is 5.70. The molecule has 0 bridgehead atoms. The predicted octanol–water partition coefficient (Wildman–Crippen LogP) is 1.84. The molecule has 1 aromatic heterocycles. The molecule has 2 rings (SSSR count). The Morgan fingerprint density at radius 2 is 2.16 bits per heavy atom. The molecule has 2 aromatic rings. The Hall–Kier alpha value is -2.40. The van der Waals surface area contributed by atoms with Gasteiger partial charge in [-0.15, -0.1) is 0 Å². The third-order valence-electron chi connectivity index (χ3n) is 2.16. The fraction of sp³-hybridized carbons (Fsp3) is 0.0909. The number of nitrogens with one attached hydrogen (secondary N) is 1. The molecule has 0 saturated heterocycles. The number of nitrogens with zero attached hydrogens (tertiary/aromatic N) is 4. The number of aromatic nitrogens is 3. The fourth-order valence-corrected chi connectivity index (χ4v) is 1.72. The molecule has 0 aliphatic rings. The zero-order valence-electron chi connectivity index (χ0n) is 9.88. The van der Waals surface area contributed by atoms with Crippen molar-refractivity contribution in [1.82, 2.24) is 15.0 Å². The lowest BCUT2D eigenvalue weighted by atomic mass is 10.2. The minimum Gasteiger partial charge on any atom is -0.467 e. The molecule has 8 heteroatoms. The number of nitrogen functional groups attached to an aromatic ring is 1. The van der Waals surface area contributed by atoms with E-state index in [1.165, 1.54) is 7.11 Å². The van der Waals surface area contributed by atoms with Crippen LogP contribution in [0.5, 0.6) is 6.01 Å². The van der Waals surface area contributed by atoms with Gasteiger partial charge in [0.05, 0.1) is 18.4 Å². The molecular formula is C11H9BrN6O. The number of methoxy groups -OCH3 is 1. The minimum atomic E-state index is 0.0324. The molecular weight excluding hydrogens is 312 g/mol. The van der Waals surface area contributed by atoms with Crippen LogP contribution in [-0.4, -0.2) is 22.1 Å². The zero-order chi connectivity index (χ0) is 13.8. The Balaban J connectivity index is 2.36. The summed E-state index contributed by atoms with van der Waals surface area (Å²) in [6.45, 7) is 0. The quantitative estimate of drug-likeness (QED) is 0.887. The van der Waals surface area contributed by atoms with Crippen molar-refractivity contribution >= 4 is 33.5 Å². The third-order valence-corrected chi connectivity index (χ3v) is 2.66. The van der Waals surface area contributed by atoms with Crippen molar-refractivity contribution in [2.75, 3.05) is 18.2 Å². The van der Waals surface area contributed by atoms with E-state index in [1.54, 1.807) is 18.2 Å². The van der Waals surface area contributed by atoms with Gasteiger partial charge in [0.15, 0.2) is 0 Å².